The minimum Gasteiger partial charge on any atom is -0.507 e. The van der Waals surface area contributed by atoms with E-state index in [9.17, 15) is 14.7 Å². The number of phenols is 1. The molecule has 4 nitrogen and oxygen atoms in total. The van der Waals surface area contributed by atoms with E-state index in [1.807, 2.05) is 53.7 Å². The first-order valence-electron chi connectivity index (χ1n) is 8.83. The molecule has 0 unspecified atom stereocenters. The van der Waals surface area contributed by atoms with Gasteiger partial charge in [-0.15, -0.1) is 0 Å². The quantitative estimate of drug-likeness (QED) is 0.636. The van der Waals surface area contributed by atoms with Gasteiger partial charge in [0.1, 0.15) is 17.5 Å². The van der Waals surface area contributed by atoms with Gasteiger partial charge >= 0.3 is 5.97 Å². The van der Waals surface area contributed by atoms with Crippen LogP contribution in [-0.2, 0) is 31.6 Å². The molecule has 0 bridgehead atoms. The van der Waals surface area contributed by atoms with E-state index in [2.05, 4.69) is 0 Å². The van der Waals surface area contributed by atoms with Crippen LogP contribution >= 0.6 is 0 Å². The maximum Gasteiger partial charge on any atom is 0.316 e. The van der Waals surface area contributed by atoms with Gasteiger partial charge in [-0.2, -0.15) is 0 Å². The number of benzene rings is 1. The predicted molar refractivity (Wildman–Crippen MR) is 100 cm³/mol. The van der Waals surface area contributed by atoms with Crippen LogP contribution in [0.1, 0.15) is 72.1 Å². The molecule has 4 heteroatoms. The molecule has 0 saturated carbocycles. The summed E-state index contributed by atoms with van der Waals surface area (Å²) in [5.74, 6) is -1.22. The van der Waals surface area contributed by atoms with Crippen LogP contribution in [-0.4, -0.2) is 23.5 Å². The van der Waals surface area contributed by atoms with Gasteiger partial charge in [0.05, 0.1) is 6.61 Å². The highest BCUT2D eigenvalue weighted by molar-refractivity contribution is 5.98. The van der Waals surface area contributed by atoms with Gasteiger partial charge in [0.2, 0.25) is 0 Å². The average Bonchev–Trinajstić information content (AvgIpc) is 2.43. The normalized spacial score (nSPS) is 13.4. The van der Waals surface area contributed by atoms with Crippen LogP contribution in [0.4, 0.5) is 0 Å². The van der Waals surface area contributed by atoms with Gasteiger partial charge in [0.15, 0.2) is 0 Å². The lowest BCUT2D eigenvalue weighted by atomic mass is 9.77. The smallest absolute Gasteiger partial charge is 0.316 e. The summed E-state index contributed by atoms with van der Waals surface area (Å²) in [6.07, 6.45) is 0.278. The first-order valence-corrected chi connectivity index (χ1v) is 8.83. The summed E-state index contributed by atoms with van der Waals surface area (Å²) in [6, 6.07) is 3.81. The molecule has 0 aromatic heterocycles. The summed E-state index contributed by atoms with van der Waals surface area (Å²) in [7, 11) is 0. The van der Waals surface area contributed by atoms with E-state index in [1.165, 1.54) is 6.92 Å². The number of ketones is 1. The largest absolute Gasteiger partial charge is 0.507 e. The van der Waals surface area contributed by atoms with Crippen LogP contribution in [0, 0.1) is 5.92 Å². The Morgan fingerprint density at radius 1 is 1.04 bits per heavy atom. The van der Waals surface area contributed by atoms with Crippen molar-refractivity contribution in [2.45, 2.75) is 72.6 Å². The Balaban J connectivity index is 3.44. The third-order valence-electron chi connectivity index (χ3n) is 4.29. The lowest BCUT2D eigenvalue weighted by Gasteiger charge is -2.28. The fourth-order valence-electron chi connectivity index (χ4n) is 2.83. The highest BCUT2D eigenvalue weighted by Crippen LogP contribution is 2.40. The zero-order valence-corrected chi connectivity index (χ0v) is 16.8. The topological polar surface area (TPSA) is 63.6 Å². The van der Waals surface area contributed by atoms with E-state index >= 15 is 0 Å². The minimum atomic E-state index is -0.815. The first-order chi connectivity index (χ1) is 11.3. The second-order valence-electron chi connectivity index (χ2n) is 8.66. The number of aromatic hydroxyl groups is 1. The number of hydrogen-bond donors (Lipinski definition) is 1. The van der Waals surface area contributed by atoms with E-state index in [4.69, 9.17) is 4.74 Å². The summed E-state index contributed by atoms with van der Waals surface area (Å²) in [5.41, 5.74) is 1.99. The fourth-order valence-corrected chi connectivity index (χ4v) is 2.83. The molecule has 1 aromatic rings. The highest BCUT2D eigenvalue weighted by Gasteiger charge is 2.29. The monoisotopic (exact) mass is 348 g/mol. The molecule has 1 rings (SSSR count). The molecule has 0 radical (unpaired) electrons. The first kappa shape index (κ1) is 21.2. The Hall–Kier alpha value is -1.84. The minimum absolute atomic E-state index is 0.207. The SMILES string of the molecule is CCOC(=O)[C@@H](Cc1cc(C(C)(C)C)c(O)c(C(C)(C)C)c1)C(C)=O. The van der Waals surface area contributed by atoms with Crippen molar-refractivity contribution in [1.29, 1.82) is 0 Å². The van der Waals surface area contributed by atoms with Crippen molar-refractivity contribution in [3.63, 3.8) is 0 Å². The third kappa shape index (κ3) is 5.32. The zero-order chi connectivity index (χ0) is 19.6. The van der Waals surface area contributed by atoms with E-state index < -0.39 is 11.9 Å². The summed E-state index contributed by atoms with van der Waals surface area (Å²) < 4.78 is 5.05. The maximum absolute atomic E-state index is 12.1. The van der Waals surface area contributed by atoms with Crippen molar-refractivity contribution >= 4 is 11.8 Å². The Bertz CT molecular complexity index is 610. The highest BCUT2D eigenvalue weighted by atomic mass is 16.5. The molecule has 1 atom stereocenters. The van der Waals surface area contributed by atoms with Crippen molar-refractivity contribution in [3.05, 3.63) is 28.8 Å². The second-order valence-corrected chi connectivity index (χ2v) is 8.66. The third-order valence-corrected chi connectivity index (χ3v) is 4.29. The Morgan fingerprint density at radius 2 is 1.48 bits per heavy atom. The second kappa shape index (κ2) is 7.59. The number of carbonyl (C=O) groups is 2. The van der Waals surface area contributed by atoms with E-state index in [-0.39, 0.29) is 29.6 Å². The Kier molecular flexibility index (Phi) is 6.44. The number of Topliss-reactive ketones (excluding diaryl/α,β-unsaturated/α-hetero) is 1. The molecule has 140 valence electrons. The molecule has 0 amide bonds. The average molecular weight is 348 g/mol. The molecule has 0 spiro atoms. The summed E-state index contributed by atoms with van der Waals surface area (Å²) in [6.45, 7) is 15.6. The molecule has 1 N–H and O–H groups in total. The number of phenolic OH excluding ortho intramolecular Hbond substituents is 1. The lowest BCUT2D eigenvalue weighted by Crippen LogP contribution is -2.27. The molecule has 0 heterocycles. The molecule has 0 aliphatic rings. The predicted octanol–water partition coefficient (Wildman–Crippen LogP) is 4.30. The van der Waals surface area contributed by atoms with Gasteiger partial charge in [-0.3, -0.25) is 9.59 Å². The summed E-state index contributed by atoms with van der Waals surface area (Å²) >= 11 is 0. The molecular formula is C21H32O4. The molecule has 0 saturated heterocycles. The fraction of sp³-hybridized carbons (Fsp3) is 0.619. The van der Waals surface area contributed by atoms with Crippen LogP contribution < -0.4 is 0 Å². The van der Waals surface area contributed by atoms with Crippen molar-refractivity contribution in [1.82, 2.24) is 0 Å². The van der Waals surface area contributed by atoms with Crippen LogP contribution in [0.2, 0.25) is 0 Å². The molecule has 0 aliphatic carbocycles. The van der Waals surface area contributed by atoms with Gasteiger partial charge < -0.3 is 9.84 Å². The van der Waals surface area contributed by atoms with Crippen LogP contribution in [0.15, 0.2) is 12.1 Å². The Labute approximate surface area is 151 Å². The van der Waals surface area contributed by atoms with Crippen molar-refractivity contribution in [2.75, 3.05) is 6.61 Å². The van der Waals surface area contributed by atoms with Crippen molar-refractivity contribution in [2.24, 2.45) is 5.92 Å². The van der Waals surface area contributed by atoms with E-state index in [1.54, 1.807) is 6.92 Å². The standard InChI is InChI=1S/C21H32O4/c1-9-25-19(24)15(13(2)22)10-14-11-16(20(3,4)5)18(23)17(12-14)21(6,7)8/h11-12,15,23H,9-10H2,1-8H3/t15-/m0/s1. The van der Waals surface area contributed by atoms with Crippen molar-refractivity contribution in [3.8, 4) is 5.75 Å². The molecular weight excluding hydrogens is 316 g/mol. The van der Waals surface area contributed by atoms with Crippen LogP contribution in [0.25, 0.3) is 0 Å². The molecule has 25 heavy (non-hydrogen) atoms. The molecule has 0 fully saturated rings. The summed E-state index contributed by atoms with van der Waals surface area (Å²) in [4.78, 5) is 24.1. The molecule has 1 aromatic carbocycles. The lowest BCUT2D eigenvalue weighted by molar-refractivity contribution is -0.151. The Morgan fingerprint density at radius 3 is 1.80 bits per heavy atom. The molecule has 0 aliphatic heterocycles. The number of rotatable bonds is 5. The van der Waals surface area contributed by atoms with Crippen LogP contribution in [0.3, 0.4) is 0 Å². The number of hydrogen-bond acceptors (Lipinski definition) is 4. The van der Waals surface area contributed by atoms with Gasteiger partial charge in [-0.25, -0.2) is 0 Å². The number of carbonyl (C=O) groups excluding carboxylic acids is 2. The van der Waals surface area contributed by atoms with E-state index in [0.29, 0.717) is 5.75 Å². The summed E-state index contributed by atoms with van der Waals surface area (Å²) in [5, 5.41) is 10.8. The van der Waals surface area contributed by atoms with E-state index in [0.717, 1.165) is 16.7 Å². The van der Waals surface area contributed by atoms with Crippen LogP contribution in [0.5, 0.6) is 5.75 Å². The van der Waals surface area contributed by atoms with Gasteiger partial charge in [-0.1, -0.05) is 53.7 Å². The van der Waals surface area contributed by atoms with Crippen molar-refractivity contribution < 1.29 is 19.4 Å². The van der Waals surface area contributed by atoms with Gasteiger partial charge in [0.25, 0.3) is 0 Å². The number of ether oxygens (including phenoxy) is 1. The zero-order valence-electron chi connectivity index (χ0n) is 16.8. The maximum atomic E-state index is 12.1. The number of esters is 1. The van der Waals surface area contributed by atoms with Gasteiger partial charge in [0, 0.05) is 0 Å². The van der Waals surface area contributed by atoms with Gasteiger partial charge in [-0.05, 0) is 47.8 Å².